The van der Waals surface area contributed by atoms with E-state index in [1.807, 2.05) is 0 Å². The number of benzene rings is 1. The van der Waals surface area contributed by atoms with Crippen molar-refractivity contribution in [3.05, 3.63) is 36.2 Å². The van der Waals surface area contributed by atoms with Gasteiger partial charge < -0.3 is 19.7 Å². The number of fused-ring (bicyclic) bond motifs is 2. The summed E-state index contributed by atoms with van der Waals surface area (Å²) in [6.45, 7) is -0.0981. The third kappa shape index (κ3) is 4.01. The first-order valence-electron chi connectivity index (χ1n) is 10.6. The Morgan fingerprint density at radius 2 is 2.18 bits per heavy atom. The van der Waals surface area contributed by atoms with Gasteiger partial charge in [-0.25, -0.2) is 14.8 Å². The lowest BCUT2D eigenvalue weighted by atomic mass is 10.0. The molecule has 1 aliphatic heterocycles. The van der Waals surface area contributed by atoms with E-state index in [0.29, 0.717) is 34.5 Å². The first-order chi connectivity index (χ1) is 16.4. The van der Waals surface area contributed by atoms with Crippen LogP contribution >= 0.6 is 0 Å². The number of hydrogen-bond acceptors (Lipinski definition) is 7. The molecule has 1 saturated heterocycles. The van der Waals surface area contributed by atoms with Crippen molar-refractivity contribution in [1.82, 2.24) is 29.6 Å². The molecule has 1 aromatic carbocycles. The van der Waals surface area contributed by atoms with Crippen molar-refractivity contribution in [2.24, 2.45) is 5.92 Å². The zero-order valence-corrected chi connectivity index (χ0v) is 17.8. The van der Waals surface area contributed by atoms with Crippen molar-refractivity contribution in [3.8, 4) is 23.2 Å². The quantitative estimate of drug-likeness (QED) is 0.404. The van der Waals surface area contributed by atoms with Crippen LogP contribution in [-0.4, -0.2) is 67.0 Å². The van der Waals surface area contributed by atoms with E-state index in [1.165, 1.54) is 24.5 Å². The Labute approximate surface area is 191 Å². The predicted molar refractivity (Wildman–Crippen MR) is 116 cm³/mol. The fourth-order valence-electron chi connectivity index (χ4n) is 4.14. The number of aromatic nitrogens is 5. The molecule has 0 bridgehead atoms. The van der Waals surface area contributed by atoms with Gasteiger partial charge >= 0.3 is 12.6 Å². The van der Waals surface area contributed by atoms with Gasteiger partial charge in [-0.3, -0.25) is 4.68 Å². The van der Waals surface area contributed by atoms with Crippen LogP contribution in [0.5, 0.6) is 5.75 Å². The Kier molecular flexibility index (Phi) is 5.54. The van der Waals surface area contributed by atoms with Gasteiger partial charge in [0.05, 0.1) is 23.7 Å². The Morgan fingerprint density at radius 3 is 2.91 bits per heavy atom. The van der Waals surface area contributed by atoms with Crippen LogP contribution in [0.15, 0.2) is 30.6 Å². The molecule has 0 spiro atoms. The summed E-state index contributed by atoms with van der Waals surface area (Å²) in [6, 6.07) is 6.82. The van der Waals surface area contributed by atoms with Gasteiger partial charge in [0, 0.05) is 31.2 Å². The Bertz CT molecular complexity index is 1420. The third-order valence-corrected chi connectivity index (χ3v) is 5.78. The van der Waals surface area contributed by atoms with Gasteiger partial charge in [0.15, 0.2) is 5.65 Å². The highest BCUT2D eigenvalue weighted by Crippen LogP contribution is 2.31. The van der Waals surface area contributed by atoms with E-state index in [9.17, 15) is 18.7 Å². The molecule has 0 saturated carbocycles. The van der Waals surface area contributed by atoms with Crippen molar-refractivity contribution in [2.75, 3.05) is 19.6 Å². The van der Waals surface area contributed by atoms with Crippen LogP contribution in [0.25, 0.3) is 33.5 Å². The second-order valence-electron chi connectivity index (χ2n) is 8.03. The maximum Gasteiger partial charge on any atom is 0.387 e. The molecule has 3 aromatic heterocycles. The molecule has 0 radical (unpaired) electrons. The highest BCUT2D eigenvalue weighted by Gasteiger charge is 2.25. The number of carboxylic acid groups (broad SMARTS) is 1. The average Bonchev–Trinajstić information content (AvgIpc) is 3.36. The summed E-state index contributed by atoms with van der Waals surface area (Å²) in [5.41, 5.74) is 1.86. The number of hydrogen-bond donors (Lipinski definition) is 2. The average molecular weight is 467 g/mol. The van der Waals surface area contributed by atoms with Crippen LogP contribution < -0.4 is 4.74 Å². The number of carbonyl (C=O) groups is 1. The number of nitriles is 1. The molecule has 0 amide bonds. The van der Waals surface area contributed by atoms with Crippen LogP contribution in [0.2, 0.25) is 0 Å². The highest BCUT2D eigenvalue weighted by molar-refractivity contribution is 6.01. The zero-order valence-electron chi connectivity index (χ0n) is 17.8. The second-order valence-corrected chi connectivity index (χ2v) is 8.03. The molecule has 2 N–H and O–H groups in total. The molecular formula is C22H19F2N7O3. The number of carboxylic acids is 1. The summed E-state index contributed by atoms with van der Waals surface area (Å²) < 4.78 is 31.9. The number of halogens is 2. The van der Waals surface area contributed by atoms with Crippen LogP contribution in [0.1, 0.15) is 16.8 Å². The summed E-state index contributed by atoms with van der Waals surface area (Å²) in [5.74, 6) is -1.08. The van der Waals surface area contributed by atoms with Crippen LogP contribution in [0, 0.1) is 17.2 Å². The maximum atomic E-state index is 12.8. The molecule has 34 heavy (non-hydrogen) atoms. The monoisotopic (exact) mass is 467 g/mol. The van der Waals surface area contributed by atoms with Crippen molar-refractivity contribution < 1.29 is 23.4 Å². The second kappa shape index (κ2) is 8.68. The van der Waals surface area contributed by atoms with E-state index in [-0.39, 0.29) is 22.7 Å². The van der Waals surface area contributed by atoms with E-state index in [0.717, 1.165) is 26.1 Å². The number of ether oxygens (including phenoxy) is 1. The summed E-state index contributed by atoms with van der Waals surface area (Å²) >= 11 is 0. The minimum atomic E-state index is -2.97. The number of aromatic carboxylic acids is 1. The highest BCUT2D eigenvalue weighted by atomic mass is 19.3. The lowest BCUT2D eigenvalue weighted by Crippen LogP contribution is -2.46. The molecule has 174 valence electrons. The zero-order chi connectivity index (χ0) is 23.8. The summed E-state index contributed by atoms with van der Waals surface area (Å²) in [7, 11) is 0. The van der Waals surface area contributed by atoms with Gasteiger partial charge in [0.2, 0.25) is 0 Å². The SMILES string of the molecule is N#CC1CN(CCCn2nc(-c3cnc4[nH]cc(C(=O)O)c4n3)c3cc(OC(F)F)ccc32)C1. The fraction of sp³-hybridized carbons (Fsp3) is 0.318. The molecule has 1 aliphatic rings. The van der Waals surface area contributed by atoms with E-state index >= 15 is 0 Å². The van der Waals surface area contributed by atoms with Gasteiger partial charge in [-0.15, -0.1) is 0 Å². The van der Waals surface area contributed by atoms with Gasteiger partial charge in [-0.05, 0) is 31.2 Å². The molecule has 10 nitrogen and oxygen atoms in total. The smallest absolute Gasteiger partial charge is 0.387 e. The van der Waals surface area contributed by atoms with Crippen LogP contribution in [0.4, 0.5) is 8.78 Å². The van der Waals surface area contributed by atoms with E-state index in [4.69, 9.17) is 5.26 Å². The van der Waals surface area contributed by atoms with Crippen molar-refractivity contribution in [3.63, 3.8) is 0 Å². The molecule has 12 heteroatoms. The summed E-state index contributed by atoms with van der Waals surface area (Å²) in [4.78, 5) is 25.2. The first kappa shape index (κ1) is 21.7. The number of nitrogens with zero attached hydrogens (tertiary/aromatic N) is 6. The standard InChI is InChI=1S/C22H19F2N7O3/c23-22(24)34-13-2-3-17-14(6-13)18(29-31(17)5-1-4-30-10-12(7-25)11-30)16-9-27-20-19(28-16)15(8-26-20)21(32)33/h2-3,6,8-9,12,22H,1,4-5,10-11H2,(H,26,27)(H,32,33). The molecule has 0 atom stereocenters. The number of aromatic amines is 1. The third-order valence-electron chi connectivity index (χ3n) is 5.78. The molecule has 0 unspecified atom stereocenters. The molecular weight excluding hydrogens is 448 g/mol. The van der Waals surface area contributed by atoms with Crippen molar-refractivity contribution in [1.29, 1.82) is 5.26 Å². The number of H-pyrrole nitrogens is 1. The van der Waals surface area contributed by atoms with E-state index in [2.05, 4.69) is 35.8 Å². The number of likely N-dealkylation sites (tertiary alicyclic amines) is 1. The Morgan fingerprint density at radius 1 is 1.35 bits per heavy atom. The van der Waals surface area contributed by atoms with Gasteiger partial charge in [-0.2, -0.15) is 19.1 Å². The number of rotatable bonds is 8. The molecule has 4 heterocycles. The molecule has 0 aliphatic carbocycles. The first-order valence-corrected chi connectivity index (χ1v) is 10.6. The van der Waals surface area contributed by atoms with Crippen LogP contribution in [-0.2, 0) is 6.54 Å². The number of aryl methyl sites for hydroxylation is 1. The number of nitrogens with one attached hydrogen (secondary N) is 1. The topological polar surface area (TPSA) is 133 Å². The van der Waals surface area contributed by atoms with Gasteiger partial charge in [0.1, 0.15) is 28.2 Å². The van der Waals surface area contributed by atoms with Crippen molar-refractivity contribution >= 4 is 28.0 Å². The maximum absolute atomic E-state index is 12.8. The lowest BCUT2D eigenvalue weighted by molar-refractivity contribution is -0.0497. The summed E-state index contributed by atoms with van der Waals surface area (Å²) in [6.07, 6.45) is 3.55. The largest absolute Gasteiger partial charge is 0.478 e. The van der Waals surface area contributed by atoms with Gasteiger partial charge in [-0.1, -0.05) is 0 Å². The normalized spacial score (nSPS) is 14.5. The summed E-state index contributed by atoms with van der Waals surface area (Å²) in [5, 5.41) is 23.5. The fourth-order valence-corrected chi connectivity index (χ4v) is 4.14. The Balaban J connectivity index is 1.50. The van der Waals surface area contributed by atoms with E-state index < -0.39 is 12.6 Å². The molecule has 4 aromatic rings. The van der Waals surface area contributed by atoms with Crippen molar-refractivity contribution in [2.45, 2.75) is 19.6 Å². The van der Waals surface area contributed by atoms with E-state index in [1.54, 1.807) is 10.7 Å². The predicted octanol–water partition coefficient (Wildman–Crippen LogP) is 3.12. The lowest BCUT2D eigenvalue weighted by Gasteiger charge is -2.35. The minimum absolute atomic E-state index is 0.0201. The van der Waals surface area contributed by atoms with Crippen LogP contribution in [0.3, 0.4) is 0 Å². The number of alkyl halides is 2. The molecule has 1 fully saturated rings. The van der Waals surface area contributed by atoms with Gasteiger partial charge in [0.25, 0.3) is 0 Å². The Hall–Kier alpha value is -4.11. The molecule has 5 rings (SSSR count). The minimum Gasteiger partial charge on any atom is -0.478 e.